The van der Waals surface area contributed by atoms with Gasteiger partial charge in [0.1, 0.15) is 48.3 Å². The molecule has 14 nitrogen and oxygen atoms in total. The minimum Gasteiger partial charge on any atom is -0.504 e. The molecule has 0 radical (unpaired) electrons. The second-order valence-electron chi connectivity index (χ2n) is 10.1. The Labute approximate surface area is 238 Å². The van der Waals surface area contributed by atoms with Gasteiger partial charge in [-0.1, -0.05) is 12.1 Å². The molecule has 2 saturated heterocycles. The fourth-order valence-electron chi connectivity index (χ4n) is 4.85. The maximum absolute atomic E-state index is 13.6. The Balaban J connectivity index is 1.45. The van der Waals surface area contributed by atoms with Gasteiger partial charge >= 0.3 is 0 Å². The van der Waals surface area contributed by atoms with E-state index in [4.69, 9.17) is 28.1 Å². The molecule has 7 N–H and O–H groups in total. The van der Waals surface area contributed by atoms with Gasteiger partial charge in [0.25, 0.3) is 0 Å². The zero-order valence-electron chi connectivity index (χ0n) is 22.5. The highest BCUT2D eigenvalue weighted by molar-refractivity contribution is 5.82. The summed E-state index contributed by atoms with van der Waals surface area (Å²) in [4.78, 5) is 13.6. The summed E-state index contributed by atoms with van der Waals surface area (Å²) in [5.74, 6) is -0.577. The number of phenolic OH excluding ortho intramolecular Hbond substituents is 1. The van der Waals surface area contributed by atoms with Crippen molar-refractivity contribution in [3.05, 3.63) is 52.7 Å². The van der Waals surface area contributed by atoms with E-state index >= 15 is 0 Å². The first-order valence-corrected chi connectivity index (χ1v) is 13.1. The van der Waals surface area contributed by atoms with Crippen molar-refractivity contribution < 1.29 is 63.8 Å². The molecule has 2 aliphatic rings. The van der Waals surface area contributed by atoms with Crippen molar-refractivity contribution >= 4 is 11.0 Å². The summed E-state index contributed by atoms with van der Waals surface area (Å²) in [6.45, 7) is 0.943. The van der Waals surface area contributed by atoms with Crippen LogP contribution in [-0.4, -0.2) is 111 Å². The standard InChI is InChI=1S/C28H32O14/c1-11-18(30)21(33)23(35)27(39-11)38-10-17-20(32)22(34)24(36)28(41-17)42-26-19(31)13-5-3-4-6-15(13)40-25(26)12-7-8-14(29)16(9-12)37-2/h3-9,11,17-18,20-24,27-30,32-36H,10H2,1-2H3/t11-,17-,18-,20-,21+,22+,23+,24-,27?,28?/m1/s1. The normalized spacial score (nSPS) is 33.4. The Morgan fingerprint density at radius 3 is 2.26 bits per heavy atom. The SMILES string of the molecule is COc1cc(-c2oc3ccccc3c(=O)c2OC2O[C@H](COC3O[C@H](C)[C@@H](O)[C@H](O)[C@@H]3O)[C@@H](O)[C@H](O)[C@H]2O)ccc1O. The summed E-state index contributed by atoms with van der Waals surface area (Å²) in [7, 11) is 1.34. The number of aliphatic hydroxyl groups is 6. The molecule has 5 rings (SSSR count). The third-order valence-electron chi connectivity index (χ3n) is 7.33. The number of aromatic hydroxyl groups is 1. The number of ether oxygens (including phenoxy) is 5. The van der Waals surface area contributed by atoms with Gasteiger partial charge in [0.05, 0.1) is 25.2 Å². The van der Waals surface area contributed by atoms with Gasteiger partial charge in [-0.25, -0.2) is 0 Å². The average molecular weight is 593 g/mol. The Bertz CT molecular complexity index is 1460. The molecule has 3 heterocycles. The molecule has 0 spiro atoms. The highest BCUT2D eigenvalue weighted by Crippen LogP contribution is 2.37. The van der Waals surface area contributed by atoms with Crippen molar-refractivity contribution in [2.24, 2.45) is 0 Å². The number of hydrogen-bond acceptors (Lipinski definition) is 14. The summed E-state index contributed by atoms with van der Waals surface area (Å²) in [6.07, 6.45) is -15.3. The van der Waals surface area contributed by atoms with Crippen molar-refractivity contribution in [1.82, 2.24) is 0 Å². The van der Waals surface area contributed by atoms with Crippen molar-refractivity contribution in [3.63, 3.8) is 0 Å². The lowest BCUT2D eigenvalue weighted by molar-refractivity contribution is -0.318. The van der Waals surface area contributed by atoms with Crippen molar-refractivity contribution in [2.75, 3.05) is 13.7 Å². The molecular formula is C28H32O14. The molecule has 228 valence electrons. The highest BCUT2D eigenvalue weighted by atomic mass is 16.7. The minimum atomic E-state index is -1.84. The van der Waals surface area contributed by atoms with Gasteiger partial charge in [0, 0.05) is 5.56 Å². The second kappa shape index (κ2) is 12.1. The first-order valence-electron chi connectivity index (χ1n) is 13.1. The number of hydrogen-bond donors (Lipinski definition) is 7. The van der Waals surface area contributed by atoms with E-state index in [0.717, 1.165) is 0 Å². The molecule has 2 unspecified atom stereocenters. The summed E-state index contributed by atoms with van der Waals surface area (Å²) < 4.78 is 33.6. The lowest BCUT2D eigenvalue weighted by Gasteiger charge is -2.42. The third-order valence-corrected chi connectivity index (χ3v) is 7.33. The van der Waals surface area contributed by atoms with Crippen molar-refractivity contribution in [3.8, 4) is 28.6 Å². The predicted octanol–water partition coefficient (Wildman–Crippen LogP) is -0.795. The molecule has 2 aromatic carbocycles. The van der Waals surface area contributed by atoms with Gasteiger partial charge in [-0.15, -0.1) is 0 Å². The van der Waals surface area contributed by atoms with Crippen LogP contribution in [0.15, 0.2) is 51.7 Å². The first kappa shape index (κ1) is 30.2. The van der Waals surface area contributed by atoms with E-state index in [0.29, 0.717) is 0 Å². The molecule has 0 saturated carbocycles. The fraction of sp³-hybridized carbons (Fsp3) is 0.464. The molecular weight excluding hydrogens is 560 g/mol. The molecule has 0 amide bonds. The quantitative estimate of drug-likeness (QED) is 0.179. The first-order chi connectivity index (χ1) is 20.0. The van der Waals surface area contributed by atoms with Gasteiger partial charge in [0.15, 0.2) is 23.5 Å². The van der Waals surface area contributed by atoms with Crippen LogP contribution in [0, 0.1) is 0 Å². The number of aliphatic hydroxyl groups excluding tert-OH is 6. The van der Waals surface area contributed by atoms with E-state index in [1.807, 2.05) is 0 Å². The number of para-hydroxylation sites is 1. The Morgan fingerprint density at radius 1 is 0.833 bits per heavy atom. The van der Waals surface area contributed by atoms with Gasteiger partial charge in [-0.05, 0) is 37.3 Å². The molecule has 10 atom stereocenters. The second-order valence-corrected chi connectivity index (χ2v) is 10.1. The fourth-order valence-corrected chi connectivity index (χ4v) is 4.85. The van der Waals surface area contributed by atoms with E-state index in [9.17, 15) is 40.5 Å². The highest BCUT2D eigenvalue weighted by Gasteiger charge is 2.47. The van der Waals surface area contributed by atoms with Crippen LogP contribution in [0.2, 0.25) is 0 Å². The van der Waals surface area contributed by atoms with Gasteiger partial charge in [0.2, 0.25) is 17.5 Å². The number of fused-ring (bicyclic) bond motifs is 1. The molecule has 0 aliphatic carbocycles. The van der Waals surface area contributed by atoms with Crippen molar-refractivity contribution in [1.29, 1.82) is 0 Å². The van der Waals surface area contributed by atoms with Crippen LogP contribution < -0.4 is 14.9 Å². The molecule has 2 fully saturated rings. The van der Waals surface area contributed by atoms with Crippen LogP contribution in [0.1, 0.15) is 6.92 Å². The number of rotatable bonds is 7. The van der Waals surface area contributed by atoms with E-state index in [2.05, 4.69) is 0 Å². The molecule has 0 bridgehead atoms. The molecule has 42 heavy (non-hydrogen) atoms. The summed E-state index contributed by atoms with van der Waals surface area (Å²) in [5, 5.41) is 72.2. The molecule has 1 aromatic heterocycles. The van der Waals surface area contributed by atoms with Gasteiger partial charge in [-0.3, -0.25) is 4.79 Å². The van der Waals surface area contributed by atoms with Crippen molar-refractivity contribution in [2.45, 2.75) is 68.3 Å². The molecule has 2 aliphatic heterocycles. The van der Waals surface area contributed by atoms with Crippen LogP contribution in [0.25, 0.3) is 22.3 Å². The Morgan fingerprint density at radius 2 is 1.52 bits per heavy atom. The van der Waals surface area contributed by atoms with Crippen LogP contribution >= 0.6 is 0 Å². The topological polar surface area (TPSA) is 218 Å². The van der Waals surface area contributed by atoms with Gasteiger partial charge < -0.3 is 63.8 Å². The summed E-state index contributed by atoms with van der Waals surface area (Å²) >= 11 is 0. The summed E-state index contributed by atoms with van der Waals surface area (Å²) in [5.41, 5.74) is -0.147. The predicted molar refractivity (Wildman–Crippen MR) is 142 cm³/mol. The van der Waals surface area contributed by atoms with E-state index < -0.39 is 79.2 Å². The monoisotopic (exact) mass is 592 g/mol. The third kappa shape index (κ3) is 5.56. The largest absolute Gasteiger partial charge is 0.504 e. The number of benzene rings is 2. The lowest BCUT2D eigenvalue weighted by Crippen LogP contribution is -2.61. The zero-order chi connectivity index (χ0) is 30.3. The zero-order valence-corrected chi connectivity index (χ0v) is 22.5. The average Bonchev–Trinajstić information content (AvgIpc) is 2.99. The van der Waals surface area contributed by atoms with E-state index in [1.165, 1.54) is 38.3 Å². The van der Waals surface area contributed by atoms with Crippen LogP contribution in [0.5, 0.6) is 17.2 Å². The molecule has 14 heteroatoms. The number of methoxy groups -OCH3 is 1. The van der Waals surface area contributed by atoms with E-state index in [1.54, 1.807) is 18.2 Å². The van der Waals surface area contributed by atoms with Gasteiger partial charge in [-0.2, -0.15) is 0 Å². The Kier molecular flexibility index (Phi) is 8.71. The minimum absolute atomic E-state index is 0.0815. The summed E-state index contributed by atoms with van der Waals surface area (Å²) in [6, 6.07) is 10.5. The Hall–Kier alpha value is -3.31. The van der Waals surface area contributed by atoms with Crippen LogP contribution in [-0.2, 0) is 14.2 Å². The lowest BCUT2D eigenvalue weighted by atomic mass is 9.98. The maximum atomic E-state index is 13.6. The maximum Gasteiger partial charge on any atom is 0.235 e. The number of phenols is 1. The van der Waals surface area contributed by atoms with E-state index in [-0.39, 0.29) is 33.8 Å². The molecule has 3 aromatic rings. The smallest absolute Gasteiger partial charge is 0.235 e. The van der Waals surface area contributed by atoms with Crippen LogP contribution in [0.3, 0.4) is 0 Å². The van der Waals surface area contributed by atoms with Crippen LogP contribution in [0.4, 0.5) is 0 Å².